The molecule has 1 N–H and O–H groups in total. The molecule has 0 saturated heterocycles. The van der Waals surface area contributed by atoms with Crippen LogP contribution in [0.1, 0.15) is 50.7 Å². The third-order valence-corrected chi connectivity index (χ3v) is 5.52. The lowest BCUT2D eigenvalue weighted by molar-refractivity contribution is -0.122. The highest BCUT2D eigenvalue weighted by Gasteiger charge is 2.28. The maximum atomic E-state index is 13.7. The first-order valence-electron chi connectivity index (χ1n) is 10.8. The molecular formula is C25H31FN2O2. The minimum absolute atomic E-state index is 0.00454. The van der Waals surface area contributed by atoms with Gasteiger partial charge in [-0.05, 0) is 54.2 Å². The molecule has 2 amide bonds. The number of amides is 2. The third-order valence-electron chi connectivity index (χ3n) is 5.52. The number of carbonyl (C=O) groups excluding carboxylic acids is 2. The molecule has 0 atom stereocenters. The Labute approximate surface area is 178 Å². The normalized spacial score (nSPS) is 14.1. The molecule has 3 rings (SSSR count). The summed E-state index contributed by atoms with van der Waals surface area (Å²) in [7, 11) is 0. The van der Waals surface area contributed by atoms with Crippen LogP contribution in [0, 0.1) is 17.7 Å². The maximum Gasteiger partial charge on any atom is 0.230 e. The molecule has 1 aliphatic carbocycles. The van der Waals surface area contributed by atoms with E-state index in [9.17, 15) is 14.0 Å². The van der Waals surface area contributed by atoms with Crippen LogP contribution in [0.4, 0.5) is 10.1 Å². The lowest BCUT2D eigenvalue weighted by Crippen LogP contribution is -2.35. The van der Waals surface area contributed by atoms with Gasteiger partial charge in [0, 0.05) is 18.2 Å². The van der Waals surface area contributed by atoms with Gasteiger partial charge < -0.3 is 10.2 Å². The van der Waals surface area contributed by atoms with Gasteiger partial charge in [-0.2, -0.15) is 0 Å². The minimum Gasteiger partial charge on any atom is -0.356 e. The molecule has 2 aromatic rings. The molecule has 0 aliphatic heterocycles. The number of carbonyl (C=O) groups is 2. The summed E-state index contributed by atoms with van der Waals surface area (Å²) in [6, 6.07) is 13.9. The summed E-state index contributed by atoms with van der Waals surface area (Å²) in [4.78, 5) is 27.1. The van der Waals surface area contributed by atoms with Gasteiger partial charge in [0.25, 0.3) is 0 Å². The van der Waals surface area contributed by atoms with E-state index in [0.717, 1.165) is 42.5 Å². The molecule has 5 heteroatoms. The Balaban J connectivity index is 1.75. The second-order valence-electron chi connectivity index (χ2n) is 8.58. The topological polar surface area (TPSA) is 49.4 Å². The van der Waals surface area contributed by atoms with Crippen LogP contribution in [0.5, 0.6) is 0 Å². The molecule has 1 fully saturated rings. The Morgan fingerprint density at radius 2 is 1.77 bits per heavy atom. The van der Waals surface area contributed by atoms with Crippen LogP contribution in [0.25, 0.3) is 0 Å². The van der Waals surface area contributed by atoms with Gasteiger partial charge in [0.05, 0.1) is 13.0 Å². The van der Waals surface area contributed by atoms with Crippen molar-refractivity contribution in [3.63, 3.8) is 0 Å². The van der Waals surface area contributed by atoms with Gasteiger partial charge in [-0.15, -0.1) is 0 Å². The number of halogens is 1. The number of hydrogen-bond donors (Lipinski definition) is 1. The van der Waals surface area contributed by atoms with Crippen molar-refractivity contribution in [3.8, 4) is 0 Å². The van der Waals surface area contributed by atoms with Crippen molar-refractivity contribution in [2.45, 2.75) is 52.5 Å². The molecular weight excluding hydrogens is 379 g/mol. The quantitative estimate of drug-likeness (QED) is 0.675. The monoisotopic (exact) mass is 410 g/mol. The number of anilines is 1. The first-order chi connectivity index (χ1) is 14.4. The molecule has 0 bridgehead atoms. The SMILES string of the molecule is CC(C)CNC(=O)Cc1ccc(N(Cc2cccc(F)c2)C(=O)C2CCCC2)cc1. The summed E-state index contributed by atoms with van der Waals surface area (Å²) in [5, 5.41) is 2.92. The molecule has 1 saturated carbocycles. The molecule has 1 aliphatic rings. The molecule has 0 unspecified atom stereocenters. The third kappa shape index (κ3) is 6.15. The molecule has 160 valence electrons. The summed E-state index contributed by atoms with van der Waals surface area (Å²) in [5.41, 5.74) is 2.44. The Morgan fingerprint density at radius 3 is 2.40 bits per heavy atom. The first-order valence-corrected chi connectivity index (χ1v) is 10.8. The first kappa shape index (κ1) is 22.0. The summed E-state index contributed by atoms with van der Waals surface area (Å²) in [5.74, 6) is 0.229. The van der Waals surface area contributed by atoms with Gasteiger partial charge in [0.1, 0.15) is 5.82 Å². The van der Waals surface area contributed by atoms with Gasteiger partial charge in [-0.3, -0.25) is 9.59 Å². The lowest BCUT2D eigenvalue weighted by Gasteiger charge is -2.26. The number of hydrogen-bond acceptors (Lipinski definition) is 2. The molecule has 0 aromatic heterocycles. The van der Waals surface area contributed by atoms with Crippen molar-refractivity contribution >= 4 is 17.5 Å². The molecule has 4 nitrogen and oxygen atoms in total. The van der Waals surface area contributed by atoms with E-state index in [2.05, 4.69) is 19.2 Å². The fraction of sp³-hybridized carbons (Fsp3) is 0.440. The molecule has 0 radical (unpaired) electrons. The van der Waals surface area contributed by atoms with E-state index in [-0.39, 0.29) is 23.5 Å². The van der Waals surface area contributed by atoms with Crippen LogP contribution < -0.4 is 10.2 Å². The van der Waals surface area contributed by atoms with Gasteiger partial charge in [0.2, 0.25) is 11.8 Å². The van der Waals surface area contributed by atoms with E-state index >= 15 is 0 Å². The Morgan fingerprint density at radius 1 is 1.07 bits per heavy atom. The predicted molar refractivity (Wildman–Crippen MR) is 118 cm³/mol. The highest BCUT2D eigenvalue weighted by Crippen LogP contribution is 2.30. The predicted octanol–water partition coefficient (Wildman–Crippen LogP) is 4.86. The number of nitrogens with zero attached hydrogens (tertiary/aromatic N) is 1. The van der Waals surface area contributed by atoms with Crippen molar-refractivity contribution in [2.24, 2.45) is 11.8 Å². The lowest BCUT2D eigenvalue weighted by atomic mass is 10.0. The fourth-order valence-corrected chi connectivity index (χ4v) is 3.87. The second kappa shape index (κ2) is 10.4. The van der Waals surface area contributed by atoms with Crippen molar-refractivity contribution < 1.29 is 14.0 Å². The van der Waals surface area contributed by atoms with Crippen molar-refractivity contribution in [3.05, 3.63) is 65.5 Å². The summed E-state index contributed by atoms with van der Waals surface area (Å²) in [6.45, 7) is 5.11. The smallest absolute Gasteiger partial charge is 0.230 e. The Hall–Kier alpha value is -2.69. The highest BCUT2D eigenvalue weighted by atomic mass is 19.1. The summed E-state index contributed by atoms with van der Waals surface area (Å²) in [6.07, 6.45) is 4.29. The van der Waals surface area contributed by atoms with Gasteiger partial charge in [-0.25, -0.2) is 4.39 Å². The van der Waals surface area contributed by atoms with Crippen LogP contribution >= 0.6 is 0 Å². The fourth-order valence-electron chi connectivity index (χ4n) is 3.87. The van der Waals surface area contributed by atoms with Crippen LogP contribution in [0.15, 0.2) is 48.5 Å². The zero-order valence-electron chi connectivity index (χ0n) is 17.9. The van der Waals surface area contributed by atoms with E-state index in [1.54, 1.807) is 11.0 Å². The largest absolute Gasteiger partial charge is 0.356 e. The van der Waals surface area contributed by atoms with Crippen molar-refractivity contribution in [1.82, 2.24) is 5.32 Å². The molecule has 0 heterocycles. The standard InChI is InChI=1S/C25H31FN2O2/c1-18(2)16-27-24(29)15-19-10-12-23(13-11-19)28(25(30)21-7-3-4-8-21)17-20-6-5-9-22(26)14-20/h5-6,9-14,18,21H,3-4,7-8,15-17H2,1-2H3,(H,27,29). The average molecular weight is 411 g/mol. The van der Waals surface area contributed by atoms with Crippen molar-refractivity contribution in [2.75, 3.05) is 11.4 Å². The van der Waals surface area contributed by atoms with Gasteiger partial charge in [-0.1, -0.05) is 51.0 Å². The van der Waals surface area contributed by atoms with E-state index < -0.39 is 0 Å². The van der Waals surface area contributed by atoms with Crippen LogP contribution in [0.3, 0.4) is 0 Å². The molecule has 30 heavy (non-hydrogen) atoms. The zero-order valence-corrected chi connectivity index (χ0v) is 17.9. The highest BCUT2D eigenvalue weighted by molar-refractivity contribution is 5.95. The van der Waals surface area contributed by atoms with Crippen LogP contribution in [0.2, 0.25) is 0 Å². The minimum atomic E-state index is -0.302. The second-order valence-corrected chi connectivity index (χ2v) is 8.58. The summed E-state index contributed by atoms with van der Waals surface area (Å²) < 4.78 is 13.7. The van der Waals surface area contributed by atoms with E-state index in [1.165, 1.54) is 12.1 Å². The van der Waals surface area contributed by atoms with Crippen LogP contribution in [-0.2, 0) is 22.6 Å². The number of benzene rings is 2. The zero-order chi connectivity index (χ0) is 21.5. The van der Waals surface area contributed by atoms with E-state index in [0.29, 0.717) is 25.4 Å². The summed E-state index contributed by atoms with van der Waals surface area (Å²) >= 11 is 0. The molecule has 2 aromatic carbocycles. The van der Waals surface area contributed by atoms with Crippen molar-refractivity contribution in [1.29, 1.82) is 0 Å². The van der Waals surface area contributed by atoms with Gasteiger partial charge in [0.15, 0.2) is 0 Å². The average Bonchev–Trinajstić information content (AvgIpc) is 3.26. The Kier molecular flexibility index (Phi) is 7.61. The van der Waals surface area contributed by atoms with Gasteiger partial charge >= 0.3 is 0 Å². The van der Waals surface area contributed by atoms with E-state index in [4.69, 9.17) is 0 Å². The van der Waals surface area contributed by atoms with E-state index in [1.807, 2.05) is 30.3 Å². The number of rotatable bonds is 8. The molecule has 0 spiro atoms. The van der Waals surface area contributed by atoms with Crippen LogP contribution in [-0.4, -0.2) is 18.4 Å². The maximum absolute atomic E-state index is 13.7. The number of nitrogens with one attached hydrogen (secondary N) is 1. The Bertz CT molecular complexity index is 858.